The number of nitrogens with two attached hydrogens (primary N) is 1. The van der Waals surface area contributed by atoms with Gasteiger partial charge in [0, 0.05) is 23.6 Å². The molecule has 3 heteroatoms. The number of aromatic nitrogens is 1. The molecule has 3 nitrogen and oxygen atoms in total. The summed E-state index contributed by atoms with van der Waals surface area (Å²) in [5.74, 6) is 1.01. The summed E-state index contributed by atoms with van der Waals surface area (Å²) < 4.78 is 0. The number of H-pyrrole nitrogens is 1. The highest BCUT2D eigenvalue weighted by molar-refractivity contribution is 5.86. The molecule has 0 saturated carbocycles. The third-order valence-electron chi connectivity index (χ3n) is 1.91. The minimum absolute atomic E-state index is 0.796. The van der Waals surface area contributed by atoms with Crippen LogP contribution in [-0.4, -0.2) is 12.0 Å². The summed E-state index contributed by atoms with van der Waals surface area (Å²) in [5, 5.41) is 4.18. The summed E-state index contributed by atoms with van der Waals surface area (Å²) in [4.78, 5) is 3.21. The molecule has 0 radical (unpaired) electrons. The number of benzene rings is 1. The first kappa shape index (κ1) is 7.03. The maximum Gasteiger partial charge on any atom is 0.104 e. The van der Waals surface area contributed by atoms with Crippen LogP contribution in [-0.2, 0) is 0 Å². The van der Waals surface area contributed by atoms with Crippen molar-refractivity contribution >= 4 is 22.4 Å². The van der Waals surface area contributed by atoms with Crippen molar-refractivity contribution in [3.8, 4) is 0 Å². The van der Waals surface area contributed by atoms with E-state index in [2.05, 4.69) is 10.3 Å². The monoisotopic (exact) mass is 161 g/mol. The molecule has 2 rings (SSSR count). The lowest BCUT2D eigenvalue weighted by Crippen LogP contribution is -1.85. The number of nitrogen functional groups attached to an aromatic ring is 1. The molecular formula is C9H11N3. The Morgan fingerprint density at radius 1 is 1.33 bits per heavy atom. The average Bonchev–Trinajstić information content (AvgIpc) is 2.46. The first-order chi connectivity index (χ1) is 5.79. The van der Waals surface area contributed by atoms with Gasteiger partial charge in [0.2, 0.25) is 0 Å². The molecule has 0 atom stereocenters. The van der Waals surface area contributed by atoms with Gasteiger partial charge in [-0.1, -0.05) is 0 Å². The van der Waals surface area contributed by atoms with Crippen LogP contribution in [0.4, 0.5) is 11.5 Å². The van der Waals surface area contributed by atoms with E-state index in [-0.39, 0.29) is 0 Å². The Labute approximate surface area is 70.6 Å². The van der Waals surface area contributed by atoms with E-state index in [0.29, 0.717) is 0 Å². The van der Waals surface area contributed by atoms with E-state index in [1.165, 1.54) is 0 Å². The number of rotatable bonds is 1. The number of hydrogen-bond donors (Lipinski definition) is 3. The Bertz CT molecular complexity index is 403. The standard InChI is InChI=1S/C9H11N3/c1-11-9-5-6-4-7(10)2-3-8(6)12-9/h2-5,11-12H,10H2,1H3. The summed E-state index contributed by atoms with van der Waals surface area (Å²) in [6.07, 6.45) is 0. The van der Waals surface area contributed by atoms with Crippen molar-refractivity contribution in [1.82, 2.24) is 4.98 Å². The molecule has 1 aromatic carbocycles. The lowest BCUT2D eigenvalue weighted by molar-refractivity contribution is 1.39. The Hall–Kier alpha value is -1.64. The van der Waals surface area contributed by atoms with Crippen molar-refractivity contribution in [2.75, 3.05) is 18.1 Å². The SMILES string of the molecule is CNc1cc2cc(N)ccc2[nH]1. The van der Waals surface area contributed by atoms with Crippen LogP contribution in [0, 0.1) is 0 Å². The van der Waals surface area contributed by atoms with Gasteiger partial charge >= 0.3 is 0 Å². The van der Waals surface area contributed by atoms with Crippen LogP contribution in [0.1, 0.15) is 0 Å². The number of hydrogen-bond acceptors (Lipinski definition) is 2. The summed E-state index contributed by atoms with van der Waals surface area (Å²) in [6, 6.07) is 7.85. The van der Waals surface area contributed by atoms with E-state index in [4.69, 9.17) is 5.73 Å². The Morgan fingerprint density at radius 3 is 2.92 bits per heavy atom. The highest BCUT2D eigenvalue weighted by Gasteiger charge is 1.97. The van der Waals surface area contributed by atoms with E-state index in [1.54, 1.807) is 0 Å². The molecule has 0 aliphatic heterocycles. The van der Waals surface area contributed by atoms with Crippen LogP contribution >= 0.6 is 0 Å². The third-order valence-corrected chi connectivity index (χ3v) is 1.91. The lowest BCUT2D eigenvalue weighted by atomic mass is 10.2. The van der Waals surface area contributed by atoms with Crippen molar-refractivity contribution in [1.29, 1.82) is 0 Å². The topological polar surface area (TPSA) is 53.8 Å². The quantitative estimate of drug-likeness (QED) is 0.558. The molecule has 0 amide bonds. The van der Waals surface area contributed by atoms with Gasteiger partial charge in [-0.3, -0.25) is 0 Å². The zero-order valence-corrected chi connectivity index (χ0v) is 6.89. The number of anilines is 2. The molecule has 62 valence electrons. The fourth-order valence-electron chi connectivity index (χ4n) is 1.29. The van der Waals surface area contributed by atoms with Gasteiger partial charge in [-0.15, -0.1) is 0 Å². The van der Waals surface area contributed by atoms with E-state index in [0.717, 1.165) is 22.4 Å². The highest BCUT2D eigenvalue weighted by atomic mass is 15.0. The Kier molecular flexibility index (Phi) is 1.43. The highest BCUT2D eigenvalue weighted by Crippen LogP contribution is 2.20. The van der Waals surface area contributed by atoms with Crippen LogP contribution in [0.5, 0.6) is 0 Å². The molecule has 0 bridgehead atoms. The molecule has 2 aromatic rings. The number of fused-ring (bicyclic) bond motifs is 1. The first-order valence-electron chi connectivity index (χ1n) is 3.85. The van der Waals surface area contributed by atoms with E-state index >= 15 is 0 Å². The molecule has 0 aliphatic rings. The van der Waals surface area contributed by atoms with Gasteiger partial charge in [-0.05, 0) is 24.3 Å². The molecule has 0 aliphatic carbocycles. The second kappa shape index (κ2) is 2.44. The fraction of sp³-hybridized carbons (Fsp3) is 0.111. The largest absolute Gasteiger partial charge is 0.399 e. The van der Waals surface area contributed by atoms with Crippen LogP contribution in [0.2, 0.25) is 0 Å². The zero-order chi connectivity index (χ0) is 8.55. The van der Waals surface area contributed by atoms with Gasteiger partial charge in [0.05, 0.1) is 0 Å². The molecule has 0 fully saturated rings. The predicted molar refractivity (Wildman–Crippen MR) is 52.3 cm³/mol. The van der Waals surface area contributed by atoms with Gasteiger partial charge < -0.3 is 16.0 Å². The summed E-state index contributed by atoms with van der Waals surface area (Å²) in [6.45, 7) is 0. The van der Waals surface area contributed by atoms with Crippen LogP contribution in [0.3, 0.4) is 0 Å². The summed E-state index contributed by atoms with van der Waals surface area (Å²) >= 11 is 0. The van der Waals surface area contributed by atoms with E-state index in [1.807, 2.05) is 31.3 Å². The van der Waals surface area contributed by atoms with Crippen LogP contribution in [0.15, 0.2) is 24.3 Å². The third kappa shape index (κ3) is 0.993. The molecule has 4 N–H and O–H groups in total. The molecule has 1 heterocycles. The maximum atomic E-state index is 5.64. The Balaban J connectivity index is 2.67. The fourth-order valence-corrected chi connectivity index (χ4v) is 1.29. The molecule has 12 heavy (non-hydrogen) atoms. The van der Waals surface area contributed by atoms with Crippen molar-refractivity contribution < 1.29 is 0 Å². The first-order valence-corrected chi connectivity index (χ1v) is 3.85. The van der Waals surface area contributed by atoms with Crippen LogP contribution in [0.25, 0.3) is 10.9 Å². The minimum atomic E-state index is 0.796. The molecule has 0 saturated heterocycles. The second-order valence-corrected chi connectivity index (χ2v) is 2.78. The molecule has 0 spiro atoms. The van der Waals surface area contributed by atoms with Crippen molar-refractivity contribution in [3.05, 3.63) is 24.3 Å². The van der Waals surface area contributed by atoms with Crippen molar-refractivity contribution in [2.24, 2.45) is 0 Å². The number of aromatic amines is 1. The normalized spacial score (nSPS) is 10.4. The predicted octanol–water partition coefficient (Wildman–Crippen LogP) is 1.79. The maximum absolute atomic E-state index is 5.64. The lowest BCUT2D eigenvalue weighted by Gasteiger charge is -1.91. The number of nitrogens with one attached hydrogen (secondary N) is 2. The van der Waals surface area contributed by atoms with E-state index < -0.39 is 0 Å². The van der Waals surface area contributed by atoms with Crippen molar-refractivity contribution in [2.45, 2.75) is 0 Å². The van der Waals surface area contributed by atoms with Gasteiger partial charge in [0.25, 0.3) is 0 Å². The zero-order valence-electron chi connectivity index (χ0n) is 6.89. The molecule has 0 unspecified atom stereocenters. The summed E-state index contributed by atoms with van der Waals surface area (Å²) in [5.41, 5.74) is 7.54. The van der Waals surface area contributed by atoms with Gasteiger partial charge in [0.1, 0.15) is 5.82 Å². The second-order valence-electron chi connectivity index (χ2n) is 2.78. The average molecular weight is 161 g/mol. The molecule has 1 aromatic heterocycles. The van der Waals surface area contributed by atoms with Gasteiger partial charge in [0.15, 0.2) is 0 Å². The van der Waals surface area contributed by atoms with Crippen LogP contribution < -0.4 is 11.1 Å². The van der Waals surface area contributed by atoms with Gasteiger partial charge in [-0.25, -0.2) is 0 Å². The molecular weight excluding hydrogens is 150 g/mol. The summed E-state index contributed by atoms with van der Waals surface area (Å²) in [7, 11) is 1.88. The Morgan fingerprint density at radius 2 is 2.17 bits per heavy atom. The van der Waals surface area contributed by atoms with Crippen molar-refractivity contribution in [3.63, 3.8) is 0 Å². The van der Waals surface area contributed by atoms with Gasteiger partial charge in [-0.2, -0.15) is 0 Å². The van der Waals surface area contributed by atoms with E-state index in [9.17, 15) is 0 Å². The minimum Gasteiger partial charge on any atom is -0.399 e. The smallest absolute Gasteiger partial charge is 0.104 e.